The smallest absolute Gasteiger partial charge is 0.235 e. The molecular formula is C10H12INO. The topological polar surface area (TPSA) is 20.3 Å². The van der Waals surface area contributed by atoms with Crippen LogP contribution in [0.3, 0.4) is 0 Å². The standard InChI is InChI=1S/C10H12INO/c1-2-6-10(13)12(11)9-7-4-3-5-8-9/h3-5,7-8H,2,6H2,1H3. The molecule has 0 aliphatic carbocycles. The van der Waals surface area contributed by atoms with Crippen LogP contribution in [0.4, 0.5) is 5.69 Å². The summed E-state index contributed by atoms with van der Waals surface area (Å²) >= 11 is 2.04. The van der Waals surface area contributed by atoms with Crippen molar-refractivity contribution in [1.29, 1.82) is 0 Å². The zero-order valence-corrected chi connectivity index (χ0v) is 9.69. The molecule has 3 heteroatoms. The summed E-state index contributed by atoms with van der Waals surface area (Å²) in [5.41, 5.74) is 0.946. The number of para-hydroxylation sites is 1. The van der Waals surface area contributed by atoms with Gasteiger partial charge in [0.25, 0.3) is 0 Å². The van der Waals surface area contributed by atoms with Gasteiger partial charge in [0.05, 0.1) is 28.6 Å². The third-order valence-electron chi connectivity index (χ3n) is 1.67. The molecule has 0 saturated heterocycles. The van der Waals surface area contributed by atoms with Crippen LogP contribution in [-0.2, 0) is 4.79 Å². The number of rotatable bonds is 3. The van der Waals surface area contributed by atoms with Gasteiger partial charge < -0.3 is 0 Å². The molecule has 0 bridgehead atoms. The van der Waals surface area contributed by atoms with Crippen LogP contribution in [0.5, 0.6) is 0 Å². The first-order chi connectivity index (χ1) is 6.25. The van der Waals surface area contributed by atoms with Crippen LogP contribution in [0.25, 0.3) is 0 Å². The molecule has 0 spiro atoms. The molecule has 0 aliphatic rings. The Balaban J connectivity index is 2.68. The quantitative estimate of drug-likeness (QED) is 0.618. The second kappa shape index (κ2) is 5.21. The van der Waals surface area contributed by atoms with E-state index >= 15 is 0 Å². The minimum absolute atomic E-state index is 0.161. The van der Waals surface area contributed by atoms with Crippen LogP contribution in [0.15, 0.2) is 30.3 Å². The van der Waals surface area contributed by atoms with E-state index in [2.05, 4.69) is 0 Å². The van der Waals surface area contributed by atoms with E-state index in [1.165, 1.54) is 0 Å². The second-order valence-electron chi connectivity index (χ2n) is 2.76. The fourth-order valence-corrected chi connectivity index (χ4v) is 1.58. The maximum atomic E-state index is 11.5. The van der Waals surface area contributed by atoms with E-state index in [-0.39, 0.29) is 5.91 Å². The van der Waals surface area contributed by atoms with E-state index in [0.29, 0.717) is 6.42 Å². The minimum Gasteiger partial charge on any atom is -0.274 e. The largest absolute Gasteiger partial charge is 0.274 e. The molecule has 0 aromatic heterocycles. The van der Waals surface area contributed by atoms with E-state index in [1.807, 2.05) is 60.1 Å². The lowest BCUT2D eigenvalue weighted by atomic mass is 10.3. The molecule has 2 nitrogen and oxygen atoms in total. The Morgan fingerprint density at radius 2 is 2.00 bits per heavy atom. The van der Waals surface area contributed by atoms with Gasteiger partial charge in [0.1, 0.15) is 0 Å². The van der Waals surface area contributed by atoms with Crippen molar-refractivity contribution in [3.63, 3.8) is 0 Å². The Morgan fingerprint density at radius 1 is 1.38 bits per heavy atom. The van der Waals surface area contributed by atoms with Crippen molar-refractivity contribution in [2.45, 2.75) is 19.8 Å². The highest BCUT2D eigenvalue weighted by Crippen LogP contribution is 2.18. The molecule has 0 radical (unpaired) electrons. The van der Waals surface area contributed by atoms with Crippen molar-refractivity contribution in [3.8, 4) is 0 Å². The van der Waals surface area contributed by atoms with Gasteiger partial charge in [-0.25, -0.2) is 0 Å². The first-order valence-electron chi connectivity index (χ1n) is 4.29. The molecular weight excluding hydrogens is 277 g/mol. The van der Waals surface area contributed by atoms with Gasteiger partial charge in [0.15, 0.2) is 0 Å². The van der Waals surface area contributed by atoms with Gasteiger partial charge in [-0.05, 0) is 18.6 Å². The van der Waals surface area contributed by atoms with Crippen molar-refractivity contribution >= 4 is 34.5 Å². The van der Waals surface area contributed by atoms with Gasteiger partial charge in [-0.15, -0.1) is 0 Å². The summed E-state index contributed by atoms with van der Waals surface area (Å²) in [4.78, 5) is 11.5. The highest BCUT2D eigenvalue weighted by Gasteiger charge is 2.09. The van der Waals surface area contributed by atoms with Crippen molar-refractivity contribution in [3.05, 3.63) is 30.3 Å². The Bertz CT molecular complexity index is 274. The minimum atomic E-state index is 0.161. The summed E-state index contributed by atoms with van der Waals surface area (Å²) in [6, 6.07) is 9.67. The second-order valence-corrected chi connectivity index (χ2v) is 3.72. The van der Waals surface area contributed by atoms with Crippen LogP contribution in [0.1, 0.15) is 19.8 Å². The van der Waals surface area contributed by atoms with Gasteiger partial charge >= 0.3 is 0 Å². The van der Waals surface area contributed by atoms with E-state index in [0.717, 1.165) is 12.1 Å². The van der Waals surface area contributed by atoms with Crippen molar-refractivity contribution in [1.82, 2.24) is 0 Å². The number of benzene rings is 1. The van der Waals surface area contributed by atoms with Crippen LogP contribution in [0, 0.1) is 0 Å². The SMILES string of the molecule is CCCC(=O)N(I)c1ccccc1. The lowest BCUT2D eigenvalue weighted by molar-refractivity contribution is -0.117. The number of nitrogens with zero attached hydrogens (tertiary/aromatic N) is 1. The molecule has 0 heterocycles. The summed E-state index contributed by atoms with van der Waals surface area (Å²) in [5.74, 6) is 0.161. The van der Waals surface area contributed by atoms with Gasteiger partial charge in [0.2, 0.25) is 5.91 Å². The van der Waals surface area contributed by atoms with Crippen molar-refractivity contribution in [2.75, 3.05) is 3.11 Å². The molecule has 1 aromatic carbocycles. The fourth-order valence-electron chi connectivity index (χ4n) is 1.01. The summed E-state index contributed by atoms with van der Waals surface area (Å²) in [6.07, 6.45) is 1.50. The molecule has 70 valence electrons. The maximum Gasteiger partial charge on any atom is 0.235 e. The average Bonchev–Trinajstić information content (AvgIpc) is 2.18. The van der Waals surface area contributed by atoms with E-state index in [9.17, 15) is 4.79 Å². The van der Waals surface area contributed by atoms with Crippen molar-refractivity contribution < 1.29 is 4.79 Å². The third kappa shape index (κ3) is 2.99. The number of halogens is 1. The fraction of sp³-hybridized carbons (Fsp3) is 0.300. The molecule has 0 unspecified atom stereocenters. The molecule has 0 saturated carbocycles. The van der Waals surface area contributed by atoms with Crippen LogP contribution >= 0.6 is 22.9 Å². The molecule has 1 rings (SSSR count). The summed E-state index contributed by atoms with van der Waals surface area (Å²) in [6.45, 7) is 2.01. The number of hydrogen-bond acceptors (Lipinski definition) is 1. The highest BCUT2D eigenvalue weighted by molar-refractivity contribution is 14.1. The van der Waals surface area contributed by atoms with E-state index in [1.54, 1.807) is 3.11 Å². The van der Waals surface area contributed by atoms with E-state index in [4.69, 9.17) is 0 Å². The predicted octanol–water partition coefficient (Wildman–Crippen LogP) is 3.17. The number of anilines is 1. The van der Waals surface area contributed by atoms with Crippen LogP contribution in [-0.4, -0.2) is 5.91 Å². The van der Waals surface area contributed by atoms with Crippen LogP contribution < -0.4 is 3.11 Å². The third-order valence-corrected chi connectivity index (χ3v) is 2.76. The summed E-state index contributed by atoms with van der Waals surface area (Å²) in [7, 11) is 0. The first kappa shape index (κ1) is 10.5. The zero-order valence-electron chi connectivity index (χ0n) is 7.53. The number of hydrogen-bond donors (Lipinski definition) is 0. The van der Waals surface area contributed by atoms with Gasteiger partial charge in [-0.1, -0.05) is 25.1 Å². The van der Waals surface area contributed by atoms with Crippen molar-refractivity contribution in [2.24, 2.45) is 0 Å². The molecule has 0 aliphatic heterocycles. The van der Waals surface area contributed by atoms with E-state index < -0.39 is 0 Å². The first-order valence-corrected chi connectivity index (χ1v) is 5.26. The molecule has 0 atom stereocenters. The molecule has 0 N–H and O–H groups in total. The highest BCUT2D eigenvalue weighted by atomic mass is 127. The summed E-state index contributed by atoms with van der Waals surface area (Å²) in [5, 5.41) is 0. The maximum absolute atomic E-state index is 11.5. The number of carbonyl (C=O) groups is 1. The molecule has 1 amide bonds. The lowest BCUT2D eigenvalue weighted by Gasteiger charge is -2.13. The zero-order chi connectivity index (χ0) is 9.68. The van der Waals surface area contributed by atoms with Gasteiger partial charge in [0, 0.05) is 6.42 Å². The average molecular weight is 289 g/mol. The number of carbonyl (C=O) groups excluding carboxylic acids is 1. The molecule has 0 fully saturated rings. The monoisotopic (exact) mass is 289 g/mol. The normalized spacial score (nSPS) is 9.69. The lowest BCUT2D eigenvalue weighted by Crippen LogP contribution is -2.18. The Labute approximate surface area is 92.4 Å². The predicted molar refractivity (Wildman–Crippen MR) is 62.9 cm³/mol. The Morgan fingerprint density at radius 3 is 2.54 bits per heavy atom. The molecule has 13 heavy (non-hydrogen) atoms. The molecule has 1 aromatic rings. The van der Waals surface area contributed by atoms with Gasteiger partial charge in [-0.3, -0.25) is 7.91 Å². The van der Waals surface area contributed by atoms with Gasteiger partial charge in [-0.2, -0.15) is 0 Å². The Kier molecular flexibility index (Phi) is 4.21. The Hall–Kier alpha value is -0.580. The summed E-state index contributed by atoms with van der Waals surface area (Å²) < 4.78 is 1.67. The van der Waals surface area contributed by atoms with Crippen LogP contribution in [0.2, 0.25) is 0 Å². The number of amides is 1.